The van der Waals surface area contributed by atoms with Crippen molar-refractivity contribution in [1.82, 2.24) is 10.2 Å². The Morgan fingerprint density at radius 2 is 1.92 bits per heavy atom. The highest BCUT2D eigenvalue weighted by molar-refractivity contribution is 7.81. The molecule has 2 N–H and O–H groups in total. The third kappa shape index (κ3) is 9.49. The zero-order chi connectivity index (χ0) is 38.2. The van der Waals surface area contributed by atoms with E-state index in [1.165, 1.54) is 9.80 Å². The minimum Gasteiger partial charge on any atom is -0.457 e. The lowest BCUT2D eigenvalue weighted by Crippen LogP contribution is -2.60. The minimum atomic E-state index is -1.60. The number of carbonyl (C=O) groups is 4. The molecule has 0 saturated carbocycles. The molecular weight excluding hydrogens is 694 g/mol. The molecule has 0 radical (unpaired) electrons. The first-order valence-corrected chi connectivity index (χ1v) is 18.4. The van der Waals surface area contributed by atoms with Crippen molar-refractivity contribution < 1.29 is 38.5 Å². The number of alkyl carbamates (subject to hydrolysis) is 1. The molecule has 1 aromatic rings. The maximum atomic E-state index is 14.1. The third-order valence-corrected chi connectivity index (χ3v) is 11.3. The number of aryl methyl sites for hydroxylation is 1. The highest BCUT2D eigenvalue weighted by atomic mass is 35.5. The second-order valence-electron chi connectivity index (χ2n) is 15.5. The van der Waals surface area contributed by atoms with E-state index >= 15 is 0 Å². The van der Waals surface area contributed by atoms with Gasteiger partial charge >= 0.3 is 12.1 Å². The van der Waals surface area contributed by atoms with Gasteiger partial charge in [0.25, 0.3) is 0 Å². The van der Waals surface area contributed by atoms with Crippen molar-refractivity contribution in [1.29, 1.82) is 0 Å². The number of epoxide rings is 1. The fourth-order valence-electron chi connectivity index (χ4n) is 6.75. The molecular formula is C38H54ClN3O8S. The van der Waals surface area contributed by atoms with E-state index in [2.05, 4.69) is 17.9 Å². The number of likely N-dealkylation sites (N-methyl/N-ethyl adjacent to an activating group) is 1. The van der Waals surface area contributed by atoms with Gasteiger partial charge in [-0.25, -0.2) is 9.59 Å². The molecule has 51 heavy (non-hydrogen) atoms. The largest absolute Gasteiger partial charge is 0.457 e. The van der Waals surface area contributed by atoms with Crippen molar-refractivity contribution in [3.8, 4) is 0 Å². The second kappa shape index (κ2) is 15.5. The van der Waals surface area contributed by atoms with Crippen LogP contribution in [0.15, 0.2) is 35.9 Å². The van der Waals surface area contributed by atoms with Gasteiger partial charge in [-0.1, -0.05) is 69.2 Å². The Morgan fingerprint density at radius 3 is 2.57 bits per heavy atom. The number of rotatable bonds is 6. The monoisotopic (exact) mass is 747 g/mol. The van der Waals surface area contributed by atoms with Crippen LogP contribution in [0.3, 0.4) is 0 Å². The number of aliphatic hydroxyl groups is 1. The fourth-order valence-corrected chi connectivity index (χ4v) is 7.10. The molecule has 3 aliphatic rings. The van der Waals surface area contributed by atoms with E-state index in [0.717, 1.165) is 16.7 Å². The number of hydrogen-bond acceptors (Lipinski definition) is 9. The van der Waals surface area contributed by atoms with Gasteiger partial charge in [-0.05, 0) is 57.7 Å². The number of anilines is 1. The number of esters is 1. The molecule has 8 unspecified atom stereocenters. The second-order valence-corrected chi connectivity index (χ2v) is 17.1. The number of allylic oxidation sites excluding steroid dienone is 3. The van der Waals surface area contributed by atoms with Crippen molar-refractivity contribution in [3.05, 3.63) is 52.1 Å². The Kier molecular flexibility index (Phi) is 12.4. The molecule has 0 aliphatic carbocycles. The summed E-state index contributed by atoms with van der Waals surface area (Å²) in [6.45, 7) is 14.7. The van der Waals surface area contributed by atoms with Crippen molar-refractivity contribution in [2.45, 2.75) is 128 Å². The van der Waals surface area contributed by atoms with Crippen molar-refractivity contribution >= 4 is 53.8 Å². The minimum absolute atomic E-state index is 0.0762. The van der Waals surface area contributed by atoms with Gasteiger partial charge in [0.15, 0.2) is 0 Å². The zero-order valence-electron chi connectivity index (χ0n) is 31.4. The van der Waals surface area contributed by atoms with Gasteiger partial charge in [0.1, 0.15) is 29.6 Å². The molecule has 8 atom stereocenters. The maximum Gasteiger partial charge on any atom is 0.409 e. The van der Waals surface area contributed by atoms with Gasteiger partial charge in [-0.15, -0.1) is 0 Å². The topological polar surface area (TPSA) is 138 Å². The Bertz CT molecular complexity index is 1590. The van der Waals surface area contributed by atoms with E-state index in [1.807, 2.05) is 71.9 Å². The molecule has 4 rings (SSSR count). The number of nitrogens with one attached hydrogen (secondary N) is 1. The van der Waals surface area contributed by atoms with E-state index in [1.54, 1.807) is 27.9 Å². The first-order valence-electron chi connectivity index (χ1n) is 17.5. The van der Waals surface area contributed by atoms with Crippen LogP contribution in [0.5, 0.6) is 0 Å². The first-order chi connectivity index (χ1) is 23.6. The standard InChI is InChI=1S/C38H54ClN3O8S/c1-21-12-11-13-23(3)38(47)20-28(48-35(46)40-38)24(4)33-37(8,50-33)29(49-34(45)25(5)41(9)30(43)14-15-36(6,7)51)19-31(44)42(10)27-18-26(16-21)17-22(2)32(27)39/h11-13,17-18,23-25,28-29,33,47,51H,14-16,19-20H2,1-10H3,(H,40,46)/b13-11+,21-12+. The van der Waals surface area contributed by atoms with Crippen molar-refractivity contribution in [2.24, 2.45) is 11.8 Å². The number of carbonyl (C=O) groups excluding carboxylic acids is 4. The normalized spacial score (nSPS) is 32.4. The van der Waals surface area contributed by atoms with Crippen LogP contribution in [0, 0.1) is 18.8 Å². The van der Waals surface area contributed by atoms with Crippen LogP contribution in [0.1, 0.15) is 85.3 Å². The van der Waals surface area contributed by atoms with Crippen molar-refractivity contribution in [2.75, 3.05) is 19.0 Å². The molecule has 3 heterocycles. The highest BCUT2D eigenvalue weighted by Gasteiger charge is 2.64. The average molecular weight is 748 g/mol. The number of fused-ring (bicyclic) bond motifs is 5. The summed E-state index contributed by atoms with van der Waals surface area (Å²) in [5, 5.41) is 14.7. The third-order valence-electron chi connectivity index (χ3n) is 10.6. The highest BCUT2D eigenvalue weighted by Crippen LogP contribution is 2.49. The number of amides is 3. The Morgan fingerprint density at radius 1 is 1.25 bits per heavy atom. The molecule has 2 fully saturated rings. The van der Waals surface area contributed by atoms with Gasteiger partial charge in [0.05, 0.1) is 23.2 Å². The quantitative estimate of drug-likeness (QED) is 0.185. The summed E-state index contributed by atoms with van der Waals surface area (Å²) in [6.07, 6.45) is 3.57. The maximum absolute atomic E-state index is 14.1. The van der Waals surface area contributed by atoms with Gasteiger partial charge in [0.2, 0.25) is 11.8 Å². The summed E-state index contributed by atoms with van der Waals surface area (Å²) in [7, 11) is 3.17. The average Bonchev–Trinajstić information content (AvgIpc) is 3.74. The van der Waals surface area contributed by atoms with E-state index in [-0.39, 0.29) is 35.8 Å². The molecule has 0 aromatic heterocycles. The SMILES string of the molecule is C/C1=C\C=C\C(C)C2(O)CC(OC(=O)N2)C(C)C2OC2(C)C(OC(=O)C(C)N(C)C(=O)CCC(C)(C)S)CC(=O)N(C)c2cc(cc(C)c2Cl)C1. The first kappa shape index (κ1) is 40.7. The van der Waals surface area contributed by atoms with Crippen molar-refractivity contribution in [3.63, 3.8) is 0 Å². The molecule has 11 nitrogen and oxygen atoms in total. The lowest BCUT2D eigenvalue weighted by molar-refractivity contribution is -0.162. The van der Waals surface area contributed by atoms with Crippen LogP contribution in [0.2, 0.25) is 5.02 Å². The molecule has 3 amide bonds. The lowest BCUT2D eigenvalue weighted by atomic mass is 9.82. The molecule has 4 bridgehead atoms. The summed E-state index contributed by atoms with van der Waals surface area (Å²) < 4.78 is 17.7. The molecule has 1 aromatic carbocycles. The van der Waals surface area contributed by atoms with Crippen LogP contribution in [0.4, 0.5) is 10.5 Å². The van der Waals surface area contributed by atoms with E-state index in [0.29, 0.717) is 23.6 Å². The lowest BCUT2D eigenvalue weighted by Gasteiger charge is -2.41. The van der Waals surface area contributed by atoms with Gasteiger partial charge in [-0.3, -0.25) is 14.9 Å². The van der Waals surface area contributed by atoms with Crippen LogP contribution < -0.4 is 10.2 Å². The number of halogens is 1. The molecule has 3 aliphatic heterocycles. The van der Waals surface area contributed by atoms with E-state index in [9.17, 15) is 24.3 Å². The molecule has 13 heteroatoms. The summed E-state index contributed by atoms with van der Waals surface area (Å²) in [4.78, 5) is 56.3. The van der Waals surface area contributed by atoms with Gasteiger partial charge in [0, 0.05) is 43.5 Å². The summed E-state index contributed by atoms with van der Waals surface area (Å²) in [5.41, 5.74) is 0.530. The van der Waals surface area contributed by atoms with Crippen LogP contribution in [-0.4, -0.2) is 88.4 Å². The number of nitrogens with zero attached hydrogens (tertiary/aromatic N) is 2. The zero-order valence-corrected chi connectivity index (χ0v) is 33.1. The Labute approximate surface area is 312 Å². The summed E-state index contributed by atoms with van der Waals surface area (Å²) >= 11 is 11.3. The van der Waals surface area contributed by atoms with Gasteiger partial charge < -0.3 is 29.1 Å². The smallest absolute Gasteiger partial charge is 0.409 e. The fraction of sp³-hybridized carbons (Fsp3) is 0.632. The van der Waals surface area contributed by atoms with E-state index in [4.69, 9.17) is 25.8 Å². The Hall–Kier alpha value is -3.06. The van der Waals surface area contributed by atoms with Gasteiger partial charge in [-0.2, -0.15) is 12.6 Å². The molecule has 0 spiro atoms. The van der Waals surface area contributed by atoms with E-state index < -0.39 is 59.6 Å². The summed E-state index contributed by atoms with van der Waals surface area (Å²) in [5.74, 6) is -2.23. The van der Waals surface area contributed by atoms with Crippen LogP contribution in [-0.2, 0) is 35.0 Å². The molecule has 282 valence electrons. The Balaban J connectivity index is 1.71. The number of hydrogen-bond donors (Lipinski definition) is 3. The predicted octanol–water partition coefficient (Wildman–Crippen LogP) is 5.92. The van der Waals surface area contributed by atoms with Crippen LogP contribution >= 0.6 is 24.2 Å². The summed E-state index contributed by atoms with van der Waals surface area (Å²) in [6, 6.07) is 2.89. The number of benzene rings is 1. The van der Waals surface area contributed by atoms with Crippen LogP contribution in [0.25, 0.3) is 0 Å². The number of thiol groups is 1. The predicted molar refractivity (Wildman–Crippen MR) is 200 cm³/mol. The molecule has 2 saturated heterocycles. The number of ether oxygens (including phenoxy) is 3.